The van der Waals surface area contributed by atoms with Gasteiger partial charge in [0.05, 0.1) is 17.6 Å². The monoisotopic (exact) mass is 375 g/mol. The van der Waals surface area contributed by atoms with Crippen LogP contribution in [-0.4, -0.2) is 22.5 Å². The second-order valence-electron chi connectivity index (χ2n) is 5.84. The van der Waals surface area contributed by atoms with Crippen molar-refractivity contribution in [2.75, 3.05) is 11.9 Å². The highest BCUT2D eigenvalue weighted by Gasteiger charge is 2.14. The van der Waals surface area contributed by atoms with E-state index in [1.54, 1.807) is 36.7 Å². The molecule has 0 saturated heterocycles. The van der Waals surface area contributed by atoms with Gasteiger partial charge in [-0.2, -0.15) is 0 Å². The van der Waals surface area contributed by atoms with Crippen LogP contribution in [0.1, 0.15) is 17.3 Å². The molecule has 0 aliphatic carbocycles. The van der Waals surface area contributed by atoms with E-state index in [-0.39, 0.29) is 5.97 Å². The number of hydrogen-bond acceptors (Lipinski definition) is 6. The maximum atomic E-state index is 12.0. The lowest BCUT2D eigenvalue weighted by Gasteiger charge is -2.10. The third-order valence-electron chi connectivity index (χ3n) is 4.09. The average molecular weight is 375 g/mol. The molecule has 0 aliphatic heterocycles. The van der Waals surface area contributed by atoms with E-state index in [2.05, 4.69) is 32.8 Å². The van der Waals surface area contributed by atoms with Crippen LogP contribution in [-0.2, 0) is 4.74 Å². The lowest BCUT2D eigenvalue weighted by Crippen LogP contribution is -2.05. The zero-order valence-electron chi connectivity index (χ0n) is 14.7. The smallest absolute Gasteiger partial charge is 0.338 e. The van der Waals surface area contributed by atoms with Gasteiger partial charge < -0.3 is 10.1 Å². The molecule has 0 spiro atoms. The van der Waals surface area contributed by atoms with Crippen LogP contribution in [0.2, 0.25) is 0 Å². The molecule has 0 unspecified atom stereocenters. The van der Waals surface area contributed by atoms with Crippen molar-refractivity contribution in [2.45, 2.75) is 6.92 Å². The van der Waals surface area contributed by atoms with Crippen LogP contribution >= 0.6 is 11.3 Å². The van der Waals surface area contributed by atoms with E-state index >= 15 is 0 Å². The summed E-state index contributed by atoms with van der Waals surface area (Å²) in [6, 6.07) is 17.4. The summed E-state index contributed by atoms with van der Waals surface area (Å²) in [7, 11) is 0. The third kappa shape index (κ3) is 3.52. The fourth-order valence-corrected chi connectivity index (χ4v) is 3.79. The quantitative estimate of drug-likeness (QED) is 0.481. The zero-order valence-corrected chi connectivity index (χ0v) is 15.5. The number of carbonyl (C=O) groups is 1. The molecule has 27 heavy (non-hydrogen) atoms. The largest absolute Gasteiger partial charge is 0.462 e. The van der Waals surface area contributed by atoms with E-state index in [9.17, 15) is 4.79 Å². The highest BCUT2D eigenvalue weighted by molar-refractivity contribution is 7.17. The molecule has 2 aromatic heterocycles. The molecule has 2 heterocycles. The SMILES string of the molecule is CCOC(=O)c1cccc(Nc2ncnc3scc(-c4ccccc4)c23)c1. The number of thiophene rings is 1. The summed E-state index contributed by atoms with van der Waals surface area (Å²) in [5.41, 5.74) is 3.47. The number of anilines is 2. The third-order valence-corrected chi connectivity index (χ3v) is 4.98. The van der Waals surface area contributed by atoms with Gasteiger partial charge in [-0.15, -0.1) is 11.3 Å². The molecular weight excluding hydrogens is 358 g/mol. The average Bonchev–Trinajstić information content (AvgIpc) is 3.14. The summed E-state index contributed by atoms with van der Waals surface area (Å²) in [6.07, 6.45) is 1.55. The molecule has 0 bridgehead atoms. The lowest BCUT2D eigenvalue weighted by atomic mass is 10.1. The van der Waals surface area contributed by atoms with Crippen molar-refractivity contribution in [1.29, 1.82) is 0 Å². The van der Waals surface area contributed by atoms with Crippen molar-refractivity contribution >= 4 is 39.0 Å². The highest BCUT2D eigenvalue weighted by atomic mass is 32.1. The highest BCUT2D eigenvalue weighted by Crippen LogP contribution is 2.37. The minimum Gasteiger partial charge on any atom is -0.462 e. The second kappa shape index (κ2) is 7.55. The van der Waals surface area contributed by atoms with E-state index < -0.39 is 0 Å². The summed E-state index contributed by atoms with van der Waals surface area (Å²) in [4.78, 5) is 21.7. The predicted molar refractivity (Wildman–Crippen MR) is 109 cm³/mol. The van der Waals surface area contributed by atoms with Crippen LogP contribution < -0.4 is 5.32 Å². The van der Waals surface area contributed by atoms with Gasteiger partial charge in [-0.3, -0.25) is 0 Å². The first kappa shape index (κ1) is 17.2. The number of esters is 1. The molecule has 0 atom stereocenters. The van der Waals surface area contributed by atoms with Crippen LogP contribution in [0.4, 0.5) is 11.5 Å². The molecule has 2 aromatic carbocycles. The van der Waals surface area contributed by atoms with E-state index in [0.29, 0.717) is 18.0 Å². The first-order chi connectivity index (χ1) is 13.3. The molecule has 0 radical (unpaired) electrons. The fraction of sp³-hybridized carbons (Fsp3) is 0.0952. The zero-order chi connectivity index (χ0) is 18.6. The van der Waals surface area contributed by atoms with Crippen LogP contribution in [0.5, 0.6) is 0 Å². The summed E-state index contributed by atoms with van der Waals surface area (Å²) in [6.45, 7) is 2.14. The van der Waals surface area contributed by atoms with E-state index in [1.165, 1.54) is 0 Å². The molecule has 6 heteroatoms. The normalized spacial score (nSPS) is 10.7. The van der Waals surface area contributed by atoms with Crippen molar-refractivity contribution in [3.8, 4) is 11.1 Å². The van der Waals surface area contributed by atoms with Crippen molar-refractivity contribution in [3.05, 3.63) is 71.9 Å². The Balaban J connectivity index is 1.74. The Labute approximate surface area is 160 Å². The van der Waals surface area contributed by atoms with Gasteiger partial charge in [-0.05, 0) is 30.7 Å². The number of nitrogens with zero attached hydrogens (tertiary/aromatic N) is 2. The maximum Gasteiger partial charge on any atom is 0.338 e. The van der Waals surface area contributed by atoms with Gasteiger partial charge in [0, 0.05) is 16.6 Å². The minimum atomic E-state index is -0.338. The lowest BCUT2D eigenvalue weighted by molar-refractivity contribution is 0.0526. The Hall–Kier alpha value is -3.25. The molecule has 4 aromatic rings. The molecule has 0 aliphatic rings. The Morgan fingerprint density at radius 2 is 1.96 bits per heavy atom. The summed E-state index contributed by atoms with van der Waals surface area (Å²) >= 11 is 1.58. The number of fused-ring (bicyclic) bond motifs is 1. The molecule has 1 N–H and O–H groups in total. The molecule has 5 nitrogen and oxygen atoms in total. The van der Waals surface area contributed by atoms with E-state index in [1.807, 2.05) is 30.3 Å². The van der Waals surface area contributed by atoms with Gasteiger partial charge in [-0.25, -0.2) is 14.8 Å². The number of nitrogens with one attached hydrogen (secondary N) is 1. The summed E-state index contributed by atoms with van der Waals surface area (Å²) in [5.74, 6) is 0.371. The predicted octanol–water partition coefficient (Wildman–Crippen LogP) is 5.28. The number of benzene rings is 2. The fourth-order valence-electron chi connectivity index (χ4n) is 2.88. The van der Waals surface area contributed by atoms with Crippen molar-refractivity contribution in [1.82, 2.24) is 9.97 Å². The maximum absolute atomic E-state index is 12.0. The Kier molecular flexibility index (Phi) is 4.80. The van der Waals surface area contributed by atoms with Crippen LogP contribution in [0.15, 0.2) is 66.3 Å². The summed E-state index contributed by atoms with van der Waals surface area (Å²) in [5, 5.41) is 6.39. The summed E-state index contributed by atoms with van der Waals surface area (Å²) < 4.78 is 5.08. The Bertz CT molecular complexity index is 1090. The van der Waals surface area contributed by atoms with Gasteiger partial charge in [0.15, 0.2) is 0 Å². The topological polar surface area (TPSA) is 64.1 Å². The Morgan fingerprint density at radius 1 is 1.11 bits per heavy atom. The van der Waals surface area contributed by atoms with Gasteiger partial charge in [0.2, 0.25) is 0 Å². The van der Waals surface area contributed by atoms with Crippen LogP contribution in [0.25, 0.3) is 21.3 Å². The number of carbonyl (C=O) groups excluding carboxylic acids is 1. The van der Waals surface area contributed by atoms with E-state index in [4.69, 9.17) is 4.74 Å². The standard InChI is InChI=1S/C21H17N3O2S/c1-2-26-21(25)15-9-6-10-16(11-15)24-19-18-17(14-7-4-3-5-8-14)12-27-20(18)23-13-22-19/h3-13H,2H2,1H3,(H,22,23,24). The molecule has 0 amide bonds. The van der Waals surface area contributed by atoms with E-state index in [0.717, 1.165) is 27.0 Å². The first-order valence-electron chi connectivity index (χ1n) is 8.58. The second-order valence-corrected chi connectivity index (χ2v) is 6.70. The number of hydrogen-bond donors (Lipinski definition) is 1. The van der Waals surface area contributed by atoms with Crippen LogP contribution in [0.3, 0.4) is 0 Å². The number of aromatic nitrogens is 2. The first-order valence-corrected chi connectivity index (χ1v) is 9.46. The minimum absolute atomic E-state index is 0.338. The van der Waals surface area contributed by atoms with Gasteiger partial charge in [-0.1, -0.05) is 36.4 Å². The Morgan fingerprint density at radius 3 is 2.78 bits per heavy atom. The van der Waals surface area contributed by atoms with Gasteiger partial charge >= 0.3 is 5.97 Å². The van der Waals surface area contributed by atoms with Crippen molar-refractivity contribution < 1.29 is 9.53 Å². The number of ether oxygens (including phenoxy) is 1. The molecule has 134 valence electrons. The molecule has 0 fully saturated rings. The van der Waals surface area contributed by atoms with Crippen LogP contribution in [0, 0.1) is 0 Å². The van der Waals surface area contributed by atoms with Crippen molar-refractivity contribution in [3.63, 3.8) is 0 Å². The molecular formula is C21H17N3O2S. The van der Waals surface area contributed by atoms with Crippen molar-refractivity contribution in [2.24, 2.45) is 0 Å². The van der Waals surface area contributed by atoms with Gasteiger partial charge in [0.1, 0.15) is 17.0 Å². The molecule has 0 saturated carbocycles. The molecule has 4 rings (SSSR count). The number of rotatable bonds is 5. The van der Waals surface area contributed by atoms with Gasteiger partial charge in [0.25, 0.3) is 0 Å².